The van der Waals surface area contributed by atoms with Gasteiger partial charge in [0.15, 0.2) is 12.3 Å². The number of nitrogens with zero attached hydrogens (tertiary/aromatic N) is 2. The molecule has 4 atom stereocenters. The average Bonchev–Trinajstić information content (AvgIpc) is 3.46. The van der Waals surface area contributed by atoms with Crippen LogP contribution in [0.3, 0.4) is 0 Å². The van der Waals surface area contributed by atoms with E-state index < -0.39 is 47.7 Å². The first-order valence-electron chi connectivity index (χ1n) is 16.2. The number of carbonyl (C=O) groups is 2. The van der Waals surface area contributed by atoms with E-state index in [1.807, 2.05) is 78.9 Å². The fourth-order valence-corrected chi connectivity index (χ4v) is 6.13. The molecule has 51 heavy (non-hydrogen) atoms. The Hall–Kier alpha value is -5.82. The van der Waals surface area contributed by atoms with Gasteiger partial charge in [0.1, 0.15) is 35.1 Å². The lowest BCUT2D eigenvalue weighted by atomic mass is 9.80. The van der Waals surface area contributed by atoms with Crippen molar-refractivity contribution in [2.45, 2.75) is 37.1 Å². The van der Waals surface area contributed by atoms with Gasteiger partial charge in [0.2, 0.25) is 0 Å². The molecule has 1 saturated heterocycles. The highest BCUT2D eigenvalue weighted by Crippen LogP contribution is 2.43. The lowest BCUT2D eigenvalue weighted by Gasteiger charge is -2.37. The number of benzene rings is 4. The van der Waals surface area contributed by atoms with E-state index in [9.17, 15) is 19.5 Å². The Bertz CT molecular complexity index is 1960. The summed E-state index contributed by atoms with van der Waals surface area (Å²) in [5.74, 6) is 0.193. The molecule has 5 aromatic rings. The largest absolute Gasteiger partial charge is 0.497 e. The van der Waals surface area contributed by atoms with Gasteiger partial charge in [-0.1, -0.05) is 72.8 Å². The molecule has 262 valence electrons. The van der Waals surface area contributed by atoms with Crippen LogP contribution in [0.15, 0.2) is 126 Å². The summed E-state index contributed by atoms with van der Waals surface area (Å²) in [5.41, 5.74) is 0.665. The SMILES string of the molecule is COc1ccc(C(OC[C@@H]2O[C@@H](n3ccc(NC(=O)c4ccccc4)nc3=O)[C@H](OC(C)=O)[C@H]2O)(c2ccccc2)c2ccc(OC)cc2)cc1. The number of aromatic nitrogens is 2. The predicted molar refractivity (Wildman–Crippen MR) is 187 cm³/mol. The van der Waals surface area contributed by atoms with Gasteiger partial charge in [-0.25, -0.2) is 4.79 Å². The topological polar surface area (TPSA) is 147 Å². The van der Waals surface area contributed by atoms with Crippen molar-refractivity contribution in [3.05, 3.63) is 154 Å². The molecule has 0 radical (unpaired) electrons. The minimum atomic E-state index is -1.40. The molecule has 12 heteroatoms. The molecule has 2 heterocycles. The molecule has 0 aliphatic carbocycles. The highest BCUT2D eigenvalue weighted by Gasteiger charge is 2.49. The molecule has 0 saturated carbocycles. The van der Waals surface area contributed by atoms with Crippen molar-refractivity contribution >= 4 is 17.7 Å². The summed E-state index contributed by atoms with van der Waals surface area (Å²) in [5, 5.41) is 14.2. The molecule has 0 spiro atoms. The van der Waals surface area contributed by atoms with E-state index in [-0.39, 0.29) is 12.4 Å². The second-order valence-electron chi connectivity index (χ2n) is 11.8. The molecule has 6 rings (SSSR count). The Morgan fingerprint density at radius 3 is 1.90 bits per heavy atom. The van der Waals surface area contributed by atoms with Crippen molar-refractivity contribution in [3.8, 4) is 11.5 Å². The number of carbonyl (C=O) groups excluding carboxylic acids is 2. The van der Waals surface area contributed by atoms with Crippen LogP contribution in [-0.4, -0.2) is 65.7 Å². The van der Waals surface area contributed by atoms with E-state index in [1.54, 1.807) is 44.6 Å². The minimum Gasteiger partial charge on any atom is -0.497 e. The third kappa shape index (κ3) is 7.38. The third-order valence-electron chi connectivity index (χ3n) is 8.63. The standard InChI is InChI=1S/C39H37N3O9/c1-25(43)50-35-34(44)32(51-37(35)42-23-22-33(41-38(42)46)40-36(45)26-10-6-4-7-11-26)24-49-39(27-12-8-5-9-13-27,28-14-18-30(47-2)19-15-28)29-16-20-31(48-3)21-17-29/h4-23,32,34-35,37,44H,24H2,1-3H3,(H,40,41,45,46)/t32-,34-,35+,37+/m0/s1. The zero-order chi connectivity index (χ0) is 36.0. The summed E-state index contributed by atoms with van der Waals surface area (Å²) in [6, 6.07) is 34.4. The van der Waals surface area contributed by atoms with Gasteiger partial charge in [-0.2, -0.15) is 4.98 Å². The second kappa shape index (κ2) is 15.4. The summed E-state index contributed by atoms with van der Waals surface area (Å²) < 4.78 is 30.6. The van der Waals surface area contributed by atoms with Gasteiger partial charge in [-0.05, 0) is 59.2 Å². The second-order valence-corrected chi connectivity index (χ2v) is 11.8. The quantitative estimate of drug-likeness (QED) is 0.139. The highest BCUT2D eigenvalue weighted by molar-refractivity contribution is 6.03. The maximum absolute atomic E-state index is 13.3. The number of ether oxygens (including phenoxy) is 5. The van der Waals surface area contributed by atoms with Gasteiger partial charge >= 0.3 is 11.7 Å². The van der Waals surface area contributed by atoms with E-state index in [4.69, 9.17) is 23.7 Å². The highest BCUT2D eigenvalue weighted by atomic mass is 16.6. The lowest BCUT2D eigenvalue weighted by molar-refractivity contribution is -0.156. The summed E-state index contributed by atoms with van der Waals surface area (Å²) >= 11 is 0. The normalized spacial score (nSPS) is 18.5. The monoisotopic (exact) mass is 691 g/mol. The van der Waals surface area contributed by atoms with Gasteiger partial charge < -0.3 is 34.1 Å². The number of hydrogen-bond acceptors (Lipinski definition) is 10. The Morgan fingerprint density at radius 1 is 0.824 bits per heavy atom. The number of anilines is 1. The van der Waals surface area contributed by atoms with E-state index in [0.717, 1.165) is 21.3 Å². The maximum Gasteiger partial charge on any atom is 0.351 e. The zero-order valence-electron chi connectivity index (χ0n) is 28.2. The third-order valence-corrected chi connectivity index (χ3v) is 8.63. The molecular weight excluding hydrogens is 654 g/mol. The molecule has 2 N–H and O–H groups in total. The first-order chi connectivity index (χ1) is 24.7. The van der Waals surface area contributed by atoms with E-state index in [2.05, 4.69) is 10.3 Å². The van der Waals surface area contributed by atoms with E-state index >= 15 is 0 Å². The molecule has 1 aliphatic heterocycles. The molecule has 0 unspecified atom stereocenters. The average molecular weight is 692 g/mol. The minimum absolute atomic E-state index is 0.0131. The number of esters is 1. The van der Waals surface area contributed by atoms with Gasteiger partial charge in [0, 0.05) is 18.7 Å². The van der Waals surface area contributed by atoms with Gasteiger partial charge in [-0.15, -0.1) is 0 Å². The first kappa shape index (κ1) is 35.0. The van der Waals surface area contributed by atoms with Crippen LogP contribution in [0.1, 0.15) is 40.2 Å². The molecule has 0 bridgehead atoms. The van der Waals surface area contributed by atoms with Crippen molar-refractivity contribution in [2.24, 2.45) is 0 Å². The first-order valence-corrected chi connectivity index (χ1v) is 16.2. The molecule has 1 aromatic heterocycles. The summed E-state index contributed by atoms with van der Waals surface area (Å²) in [6.45, 7) is 1.00. The zero-order valence-corrected chi connectivity index (χ0v) is 28.2. The number of rotatable bonds is 12. The van der Waals surface area contributed by atoms with Crippen LogP contribution in [0.4, 0.5) is 5.82 Å². The molecule has 12 nitrogen and oxygen atoms in total. The number of methoxy groups -OCH3 is 2. The van der Waals surface area contributed by atoms with Crippen molar-refractivity contribution < 1.29 is 38.4 Å². The summed E-state index contributed by atoms with van der Waals surface area (Å²) in [7, 11) is 3.17. The summed E-state index contributed by atoms with van der Waals surface area (Å²) in [4.78, 5) is 42.2. The molecule has 1 amide bonds. The van der Waals surface area contributed by atoms with Gasteiger partial charge in [0.25, 0.3) is 5.91 Å². The Labute approximate surface area is 294 Å². The van der Waals surface area contributed by atoms with Crippen LogP contribution in [0, 0.1) is 0 Å². The number of hydrogen-bond donors (Lipinski definition) is 2. The predicted octanol–water partition coefficient (Wildman–Crippen LogP) is 4.71. The molecule has 4 aromatic carbocycles. The summed E-state index contributed by atoms with van der Waals surface area (Å²) in [6.07, 6.45) is -3.65. The van der Waals surface area contributed by atoms with Crippen LogP contribution < -0.4 is 20.5 Å². The Balaban J connectivity index is 1.33. The Morgan fingerprint density at radius 2 is 1.37 bits per heavy atom. The van der Waals surface area contributed by atoms with Gasteiger partial charge in [0.05, 0.1) is 20.8 Å². The van der Waals surface area contributed by atoms with Crippen LogP contribution in [-0.2, 0) is 24.6 Å². The lowest BCUT2D eigenvalue weighted by Crippen LogP contribution is -2.41. The molecule has 1 fully saturated rings. The number of aliphatic hydroxyl groups excluding tert-OH is 1. The van der Waals surface area contributed by atoms with Crippen LogP contribution in [0.2, 0.25) is 0 Å². The fourth-order valence-electron chi connectivity index (χ4n) is 6.13. The van der Waals surface area contributed by atoms with Crippen LogP contribution >= 0.6 is 0 Å². The Kier molecular flexibility index (Phi) is 10.6. The smallest absolute Gasteiger partial charge is 0.351 e. The number of aliphatic hydroxyl groups is 1. The van der Waals surface area contributed by atoms with Gasteiger partial charge in [-0.3, -0.25) is 14.2 Å². The van der Waals surface area contributed by atoms with Crippen molar-refractivity contribution in [2.75, 3.05) is 26.1 Å². The molecule has 1 aliphatic rings. The van der Waals surface area contributed by atoms with E-state index in [0.29, 0.717) is 17.1 Å². The van der Waals surface area contributed by atoms with Crippen LogP contribution in [0.25, 0.3) is 0 Å². The van der Waals surface area contributed by atoms with E-state index in [1.165, 1.54) is 19.2 Å². The fraction of sp³-hybridized carbons (Fsp3) is 0.231. The maximum atomic E-state index is 13.3. The van der Waals surface area contributed by atoms with Crippen molar-refractivity contribution in [1.82, 2.24) is 9.55 Å². The molecular formula is C39H37N3O9. The van der Waals surface area contributed by atoms with Crippen molar-refractivity contribution in [3.63, 3.8) is 0 Å². The van der Waals surface area contributed by atoms with Crippen LogP contribution in [0.5, 0.6) is 11.5 Å². The number of amides is 1. The number of nitrogens with one attached hydrogen (secondary N) is 1. The van der Waals surface area contributed by atoms with Crippen molar-refractivity contribution in [1.29, 1.82) is 0 Å².